The van der Waals surface area contributed by atoms with E-state index in [2.05, 4.69) is 33.1 Å². The first-order valence-electron chi connectivity index (χ1n) is 6.85. The Morgan fingerprint density at radius 3 is 2.81 bits per heavy atom. The number of hydrogen-bond donors (Lipinski definition) is 3. The number of halogens is 1. The zero-order valence-corrected chi connectivity index (χ0v) is 11.9. The summed E-state index contributed by atoms with van der Waals surface area (Å²) < 4.78 is 13.0. The van der Waals surface area contributed by atoms with Crippen molar-refractivity contribution < 1.29 is 9.18 Å². The van der Waals surface area contributed by atoms with E-state index >= 15 is 0 Å². The van der Waals surface area contributed by atoms with Crippen LogP contribution in [0, 0.1) is 5.82 Å². The Balaban J connectivity index is 1.77. The van der Waals surface area contributed by atoms with E-state index in [4.69, 9.17) is 0 Å². The van der Waals surface area contributed by atoms with E-state index in [1.807, 2.05) is 0 Å². The summed E-state index contributed by atoms with van der Waals surface area (Å²) in [6, 6.07) is 6.11. The number of amides is 1. The molecule has 0 saturated carbocycles. The summed E-state index contributed by atoms with van der Waals surface area (Å²) in [6.45, 7) is 0.0658. The Morgan fingerprint density at radius 1 is 1.38 bits per heavy atom. The number of hydrogen-bond acceptors (Lipinski definition) is 2. The summed E-state index contributed by atoms with van der Waals surface area (Å²) in [5, 5.41) is 8.79. The summed E-state index contributed by atoms with van der Waals surface area (Å²) in [4.78, 5) is 15.9. The van der Waals surface area contributed by atoms with Crippen LogP contribution >= 0.6 is 0 Å². The summed E-state index contributed by atoms with van der Waals surface area (Å²) in [5.41, 5.74) is 0.435. The minimum Gasteiger partial charge on any atom is -0.353 e. The SMILES string of the molecule is CN=C(NCC(=O)Nc1cccc(F)c1)NC1CC=CC1. The van der Waals surface area contributed by atoms with Crippen molar-refractivity contribution in [1.29, 1.82) is 0 Å². The van der Waals surface area contributed by atoms with Gasteiger partial charge in [0.05, 0.1) is 6.54 Å². The molecule has 21 heavy (non-hydrogen) atoms. The number of benzene rings is 1. The van der Waals surface area contributed by atoms with Crippen molar-refractivity contribution in [3.63, 3.8) is 0 Å². The summed E-state index contributed by atoms with van der Waals surface area (Å²) in [6.07, 6.45) is 6.13. The van der Waals surface area contributed by atoms with Crippen LogP contribution in [0.2, 0.25) is 0 Å². The van der Waals surface area contributed by atoms with E-state index < -0.39 is 0 Å². The van der Waals surface area contributed by atoms with Gasteiger partial charge in [0.1, 0.15) is 5.82 Å². The largest absolute Gasteiger partial charge is 0.353 e. The molecule has 112 valence electrons. The maximum atomic E-state index is 13.0. The number of nitrogens with one attached hydrogen (secondary N) is 3. The normalized spacial score (nSPS) is 15.0. The lowest BCUT2D eigenvalue weighted by molar-refractivity contribution is -0.115. The van der Waals surface area contributed by atoms with Gasteiger partial charge in [0.25, 0.3) is 0 Å². The van der Waals surface area contributed by atoms with Crippen LogP contribution in [0.4, 0.5) is 10.1 Å². The second kappa shape index (κ2) is 7.42. The zero-order chi connectivity index (χ0) is 15.1. The van der Waals surface area contributed by atoms with Gasteiger partial charge in [-0.05, 0) is 31.0 Å². The molecular weight excluding hydrogens is 271 g/mol. The number of carbonyl (C=O) groups is 1. The smallest absolute Gasteiger partial charge is 0.243 e. The fraction of sp³-hybridized carbons (Fsp3) is 0.333. The van der Waals surface area contributed by atoms with E-state index in [1.165, 1.54) is 12.1 Å². The average molecular weight is 290 g/mol. The molecule has 6 heteroatoms. The van der Waals surface area contributed by atoms with Gasteiger partial charge in [0.15, 0.2) is 5.96 Å². The fourth-order valence-corrected chi connectivity index (χ4v) is 2.06. The number of rotatable bonds is 4. The second-order valence-corrected chi connectivity index (χ2v) is 4.77. The van der Waals surface area contributed by atoms with Crippen LogP contribution in [0.15, 0.2) is 41.4 Å². The molecule has 1 aromatic carbocycles. The van der Waals surface area contributed by atoms with Gasteiger partial charge in [0, 0.05) is 18.8 Å². The molecule has 0 heterocycles. The van der Waals surface area contributed by atoms with E-state index in [9.17, 15) is 9.18 Å². The molecule has 0 fully saturated rings. The van der Waals surface area contributed by atoms with Crippen molar-refractivity contribution in [3.05, 3.63) is 42.2 Å². The molecule has 1 amide bonds. The molecule has 1 aliphatic carbocycles. The van der Waals surface area contributed by atoms with Gasteiger partial charge in [-0.1, -0.05) is 18.2 Å². The minimum absolute atomic E-state index is 0.0658. The molecule has 5 nitrogen and oxygen atoms in total. The van der Waals surface area contributed by atoms with E-state index in [0.717, 1.165) is 12.8 Å². The monoisotopic (exact) mass is 290 g/mol. The molecule has 2 rings (SSSR count). The van der Waals surface area contributed by atoms with Crippen molar-refractivity contribution in [2.45, 2.75) is 18.9 Å². The zero-order valence-electron chi connectivity index (χ0n) is 11.9. The van der Waals surface area contributed by atoms with Crippen LogP contribution in [0.3, 0.4) is 0 Å². The molecule has 0 radical (unpaired) electrons. The molecule has 0 spiro atoms. The molecular formula is C15H19FN4O. The lowest BCUT2D eigenvalue weighted by atomic mass is 10.2. The van der Waals surface area contributed by atoms with Gasteiger partial charge in [-0.25, -0.2) is 4.39 Å². The number of anilines is 1. The topological polar surface area (TPSA) is 65.5 Å². The third kappa shape index (κ3) is 4.91. The van der Waals surface area contributed by atoms with Gasteiger partial charge < -0.3 is 16.0 Å². The average Bonchev–Trinajstić information content (AvgIpc) is 2.96. The number of aliphatic imine (C=N–C) groups is 1. The highest BCUT2D eigenvalue weighted by Gasteiger charge is 2.12. The summed E-state index contributed by atoms with van der Waals surface area (Å²) in [5.74, 6) is -0.0573. The van der Waals surface area contributed by atoms with Gasteiger partial charge in [-0.15, -0.1) is 0 Å². The maximum Gasteiger partial charge on any atom is 0.243 e. The highest BCUT2D eigenvalue weighted by molar-refractivity contribution is 5.95. The van der Waals surface area contributed by atoms with E-state index in [1.54, 1.807) is 19.2 Å². The summed E-state index contributed by atoms with van der Waals surface area (Å²) in [7, 11) is 1.65. The molecule has 0 atom stereocenters. The first-order valence-corrected chi connectivity index (χ1v) is 6.85. The van der Waals surface area contributed by atoms with Crippen molar-refractivity contribution in [2.24, 2.45) is 4.99 Å². The number of nitrogens with zero attached hydrogens (tertiary/aromatic N) is 1. The molecule has 0 unspecified atom stereocenters. The van der Waals surface area contributed by atoms with Crippen LogP contribution in [-0.4, -0.2) is 31.5 Å². The Hall–Kier alpha value is -2.37. The van der Waals surface area contributed by atoms with Crippen LogP contribution in [0.1, 0.15) is 12.8 Å². The van der Waals surface area contributed by atoms with E-state index in [-0.39, 0.29) is 18.3 Å². The van der Waals surface area contributed by atoms with Gasteiger partial charge >= 0.3 is 0 Å². The number of guanidine groups is 1. The van der Waals surface area contributed by atoms with E-state index in [0.29, 0.717) is 17.7 Å². The third-order valence-electron chi connectivity index (χ3n) is 3.10. The molecule has 0 aliphatic heterocycles. The summed E-state index contributed by atoms with van der Waals surface area (Å²) >= 11 is 0. The lowest BCUT2D eigenvalue weighted by Gasteiger charge is -2.16. The fourth-order valence-electron chi connectivity index (χ4n) is 2.06. The Labute approximate surface area is 123 Å². The van der Waals surface area contributed by atoms with Crippen LogP contribution < -0.4 is 16.0 Å². The molecule has 0 bridgehead atoms. The van der Waals surface area contributed by atoms with Gasteiger partial charge in [-0.2, -0.15) is 0 Å². The quantitative estimate of drug-likeness (QED) is 0.449. The number of carbonyl (C=O) groups excluding carboxylic acids is 1. The standard InChI is InChI=1S/C15H19FN4O/c1-17-15(20-12-6-2-3-7-12)18-10-14(21)19-13-8-4-5-11(16)9-13/h2-5,8-9,12H,6-7,10H2,1H3,(H,19,21)(H2,17,18,20). The highest BCUT2D eigenvalue weighted by atomic mass is 19.1. The predicted octanol–water partition coefficient (Wildman–Crippen LogP) is 1.65. The first kappa shape index (κ1) is 15.0. The minimum atomic E-state index is -0.382. The van der Waals surface area contributed by atoms with Crippen LogP contribution in [0.5, 0.6) is 0 Å². The molecule has 3 N–H and O–H groups in total. The van der Waals surface area contributed by atoms with Gasteiger partial charge in [-0.3, -0.25) is 9.79 Å². The maximum absolute atomic E-state index is 13.0. The Morgan fingerprint density at radius 2 is 2.14 bits per heavy atom. The van der Waals surface area contributed by atoms with Crippen molar-refractivity contribution in [3.8, 4) is 0 Å². The third-order valence-corrected chi connectivity index (χ3v) is 3.10. The molecule has 1 aromatic rings. The van der Waals surface area contributed by atoms with Crippen LogP contribution in [0.25, 0.3) is 0 Å². The van der Waals surface area contributed by atoms with Crippen molar-refractivity contribution >= 4 is 17.6 Å². The lowest BCUT2D eigenvalue weighted by Crippen LogP contribution is -2.45. The van der Waals surface area contributed by atoms with Crippen molar-refractivity contribution in [2.75, 3.05) is 18.9 Å². The Bertz CT molecular complexity index is 548. The first-order chi connectivity index (χ1) is 10.2. The Kier molecular flexibility index (Phi) is 5.31. The molecule has 0 saturated heterocycles. The predicted molar refractivity (Wildman–Crippen MR) is 81.7 cm³/mol. The highest BCUT2D eigenvalue weighted by Crippen LogP contribution is 2.09. The molecule has 1 aliphatic rings. The molecule has 0 aromatic heterocycles. The van der Waals surface area contributed by atoms with Crippen molar-refractivity contribution in [1.82, 2.24) is 10.6 Å². The van der Waals surface area contributed by atoms with Gasteiger partial charge in [0.2, 0.25) is 5.91 Å². The van der Waals surface area contributed by atoms with Crippen LogP contribution in [-0.2, 0) is 4.79 Å². The second-order valence-electron chi connectivity index (χ2n) is 4.77.